The van der Waals surface area contributed by atoms with Gasteiger partial charge < -0.3 is 17.6 Å². The monoisotopic (exact) mass is 286 g/mol. The number of H-pyrrole nitrogens is 1. The maximum atomic E-state index is 11.9. The summed E-state index contributed by atoms with van der Waals surface area (Å²) in [6, 6.07) is 8.51. The number of rotatable bonds is 2. The minimum Gasteiger partial charge on any atom is -0.742 e. The van der Waals surface area contributed by atoms with E-state index in [0.29, 0.717) is 11.7 Å². The average Bonchev–Trinajstić information content (AvgIpc) is 2.42. The van der Waals surface area contributed by atoms with Gasteiger partial charge in [-0.1, -0.05) is 29.8 Å². The third-order valence-electron chi connectivity index (χ3n) is 3.65. The highest BCUT2D eigenvalue weighted by atomic mass is 32.1. The van der Waals surface area contributed by atoms with Gasteiger partial charge in [0, 0.05) is 26.1 Å². The van der Waals surface area contributed by atoms with Gasteiger partial charge in [-0.15, -0.1) is 0 Å². The maximum absolute atomic E-state index is 11.9. The molecule has 0 aliphatic carbocycles. The molecule has 0 radical (unpaired) electrons. The van der Waals surface area contributed by atoms with Gasteiger partial charge in [0.05, 0.1) is 11.3 Å². The predicted octanol–water partition coefficient (Wildman–Crippen LogP) is 1.54. The van der Waals surface area contributed by atoms with Crippen LogP contribution in [-0.4, -0.2) is 21.4 Å². The van der Waals surface area contributed by atoms with Gasteiger partial charge in [0.2, 0.25) is 0 Å². The SMILES string of the molecule is Cc1ccc(CN2CCc3nc([S-])[nH]c(=O)c3C2)cc1. The largest absolute Gasteiger partial charge is 0.742 e. The number of hydrogen-bond donors (Lipinski definition) is 1. The standard InChI is InChI=1S/C15H17N3OS/c1-10-2-4-11(5-3-10)8-18-7-6-13-12(9-18)14(19)17-15(20)16-13/h2-5H,6-9H2,1H3,(H2,16,17,19,20)/p-1. The van der Waals surface area contributed by atoms with Gasteiger partial charge in [-0.3, -0.25) is 14.7 Å². The highest BCUT2D eigenvalue weighted by molar-refractivity contribution is 7.58. The topological polar surface area (TPSA) is 49.0 Å². The van der Waals surface area contributed by atoms with Crippen LogP contribution in [0.5, 0.6) is 0 Å². The molecule has 1 aliphatic rings. The second kappa shape index (κ2) is 5.34. The van der Waals surface area contributed by atoms with Crippen molar-refractivity contribution in [3.63, 3.8) is 0 Å². The highest BCUT2D eigenvalue weighted by Gasteiger charge is 2.19. The molecule has 5 heteroatoms. The lowest BCUT2D eigenvalue weighted by atomic mass is 10.1. The fraction of sp³-hybridized carbons (Fsp3) is 0.333. The third kappa shape index (κ3) is 2.73. The van der Waals surface area contributed by atoms with Gasteiger partial charge in [0.25, 0.3) is 5.56 Å². The van der Waals surface area contributed by atoms with E-state index in [-0.39, 0.29) is 5.56 Å². The van der Waals surface area contributed by atoms with Crippen molar-refractivity contribution in [3.05, 3.63) is 57.0 Å². The van der Waals surface area contributed by atoms with Gasteiger partial charge in [-0.2, -0.15) is 0 Å². The molecule has 0 unspecified atom stereocenters. The minimum atomic E-state index is -0.0893. The Bertz CT molecular complexity index is 679. The predicted molar refractivity (Wildman–Crippen MR) is 79.5 cm³/mol. The van der Waals surface area contributed by atoms with Crippen molar-refractivity contribution in [2.24, 2.45) is 0 Å². The third-order valence-corrected chi connectivity index (χ3v) is 3.85. The van der Waals surface area contributed by atoms with Crippen LogP contribution in [-0.2, 0) is 32.1 Å². The summed E-state index contributed by atoms with van der Waals surface area (Å²) in [5.41, 5.74) is 4.06. The Balaban J connectivity index is 1.79. The number of aromatic nitrogens is 2. The molecule has 0 fully saturated rings. The van der Waals surface area contributed by atoms with Gasteiger partial charge in [0.1, 0.15) is 0 Å². The summed E-state index contributed by atoms with van der Waals surface area (Å²) >= 11 is 4.95. The van der Waals surface area contributed by atoms with Crippen LogP contribution in [0.25, 0.3) is 0 Å². The van der Waals surface area contributed by atoms with E-state index in [4.69, 9.17) is 12.6 Å². The molecule has 1 aliphatic heterocycles. The fourth-order valence-corrected chi connectivity index (χ4v) is 2.75. The van der Waals surface area contributed by atoms with E-state index in [9.17, 15) is 4.79 Å². The molecule has 2 heterocycles. The second-order valence-electron chi connectivity index (χ2n) is 5.24. The number of fused-ring (bicyclic) bond motifs is 1. The van der Waals surface area contributed by atoms with Crippen LogP contribution in [0.4, 0.5) is 0 Å². The van der Waals surface area contributed by atoms with Crippen LogP contribution in [0.3, 0.4) is 0 Å². The number of benzene rings is 1. The zero-order valence-electron chi connectivity index (χ0n) is 11.3. The average molecular weight is 286 g/mol. The Morgan fingerprint density at radius 1 is 1.35 bits per heavy atom. The minimum absolute atomic E-state index is 0.0893. The first kappa shape index (κ1) is 13.3. The van der Waals surface area contributed by atoms with Gasteiger partial charge >= 0.3 is 0 Å². The molecule has 4 nitrogen and oxygen atoms in total. The normalized spacial score (nSPS) is 15.1. The van der Waals surface area contributed by atoms with E-state index < -0.39 is 0 Å². The van der Waals surface area contributed by atoms with E-state index in [1.54, 1.807) is 0 Å². The van der Waals surface area contributed by atoms with Crippen molar-refractivity contribution in [1.82, 2.24) is 14.9 Å². The van der Waals surface area contributed by atoms with Crippen molar-refractivity contribution in [3.8, 4) is 0 Å². The van der Waals surface area contributed by atoms with Crippen molar-refractivity contribution in [2.75, 3.05) is 6.54 Å². The first-order chi connectivity index (χ1) is 9.61. The number of nitrogens with one attached hydrogen (secondary N) is 1. The number of aryl methyl sites for hydroxylation is 1. The quantitative estimate of drug-likeness (QED) is 0.672. The number of aromatic amines is 1. The Morgan fingerprint density at radius 3 is 2.85 bits per heavy atom. The summed E-state index contributed by atoms with van der Waals surface area (Å²) in [6.45, 7) is 4.49. The van der Waals surface area contributed by atoms with Crippen molar-refractivity contribution >= 4 is 12.6 Å². The fourth-order valence-electron chi connectivity index (χ4n) is 2.54. The van der Waals surface area contributed by atoms with Crippen molar-refractivity contribution in [1.29, 1.82) is 0 Å². The molecule has 0 atom stereocenters. The molecule has 1 N–H and O–H groups in total. The number of hydrogen-bond acceptors (Lipinski definition) is 4. The van der Waals surface area contributed by atoms with E-state index in [0.717, 1.165) is 30.8 Å². The van der Waals surface area contributed by atoms with E-state index in [1.165, 1.54) is 11.1 Å². The van der Waals surface area contributed by atoms with Crippen molar-refractivity contribution < 1.29 is 0 Å². The maximum Gasteiger partial charge on any atom is 0.254 e. The molecule has 0 saturated heterocycles. The summed E-state index contributed by atoms with van der Waals surface area (Å²) in [7, 11) is 0. The van der Waals surface area contributed by atoms with Crippen LogP contribution in [0.1, 0.15) is 22.4 Å². The number of nitrogens with zero attached hydrogens (tertiary/aromatic N) is 2. The van der Waals surface area contributed by atoms with E-state index in [2.05, 4.69) is 46.1 Å². The van der Waals surface area contributed by atoms with Crippen LogP contribution < -0.4 is 5.56 Å². The van der Waals surface area contributed by atoms with Crippen LogP contribution in [0.15, 0.2) is 34.2 Å². The Kier molecular flexibility index (Phi) is 3.54. The summed E-state index contributed by atoms with van der Waals surface area (Å²) in [5, 5.41) is 0.292. The van der Waals surface area contributed by atoms with Crippen molar-refractivity contribution in [2.45, 2.75) is 31.6 Å². The molecule has 0 amide bonds. The molecule has 1 aromatic carbocycles. The van der Waals surface area contributed by atoms with Crippen LogP contribution in [0, 0.1) is 6.92 Å². The first-order valence-electron chi connectivity index (χ1n) is 6.69. The van der Waals surface area contributed by atoms with Crippen LogP contribution in [0.2, 0.25) is 0 Å². The smallest absolute Gasteiger partial charge is 0.254 e. The molecule has 3 rings (SSSR count). The first-order valence-corrected chi connectivity index (χ1v) is 7.09. The highest BCUT2D eigenvalue weighted by Crippen LogP contribution is 2.16. The van der Waals surface area contributed by atoms with E-state index in [1.807, 2.05) is 0 Å². The van der Waals surface area contributed by atoms with Crippen LogP contribution >= 0.6 is 0 Å². The molecule has 0 bridgehead atoms. The molecule has 104 valence electrons. The Labute approximate surface area is 123 Å². The zero-order valence-corrected chi connectivity index (χ0v) is 12.2. The Morgan fingerprint density at radius 2 is 2.10 bits per heavy atom. The summed E-state index contributed by atoms with van der Waals surface area (Å²) in [4.78, 5) is 21.1. The second-order valence-corrected chi connectivity index (χ2v) is 5.63. The molecular formula is C15H16N3OS-. The molecule has 1 aromatic heterocycles. The molecule has 2 aromatic rings. The molecule has 20 heavy (non-hydrogen) atoms. The molecular weight excluding hydrogens is 270 g/mol. The molecule has 0 spiro atoms. The lowest BCUT2D eigenvalue weighted by Gasteiger charge is -2.28. The van der Waals surface area contributed by atoms with Gasteiger partial charge in [-0.05, 0) is 17.6 Å². The summed E-state index contributed by atoms with van der Waals surface area (Å²) in [5.74, 6) is 0. The Hall–Kier alpha value is -1.72. The molecule has 0 saturated carbocycles. The summed E-state index contributed by atoms with van der Waals surface area (Å²) < 4.78 is 0. The summed E-state index contributed by atoms with van der Waals surface area (Å²) in [6.07, 6.45) is 0.786. The van der Waals surface area contributed by atoms with E-state index >= 15 is 0 Å². The lowest BCUT2D eigenvalue weighted by Crippen LogP contribution is -2.35. The van der Waals surface area contributed by atoms with Gasteiger partial charge in [-0.25, -0.2) is 0 Å². The zero-order chi connectivity index (χ0) is 14.1. The van der Waals surface area contributed by atoms with Gasteiger partial charge in [0.15, 0.2) is 0 Å². The lowest BCUT2D eigenvalue weighted by molar-refractivity contribution is 0.241.